The molecule has 0 bridgehead atoms. The first kappa shape index (κ1) is 39.7. The number of aliphatic hydroxyl groups excluding tert-OH is 2. The molecule has 0 rings (SSSR count). The summed E-state index contributed by atoms with van der Waals surface area (Å²) in [4.78, 5) is 32.7. The molecule has 0 saturated carbocycles. The van der Waals surface area contributed by atoms with E-state index in [1.165, 1.54) is 83.5 Å². The number of hydrogen-bond donors (Lipinski definition) is 3. The van der Waals surface area contributed by atoms with Crippen molar-refractivity contribution in [3.8, 4) is 0 Å². The highest BCUT2D eigenvalue weighted by atomic mass is 31.2. The number of carbonyl (C=O) groups excluding carboxylic acids is 2. The highest BCUT2D eigenvalue weighted by Crippen LogP contribution is 2.43. The number of phosphoric acid groups is 1. The minimum Gasteiger partial charge on any atom is -0.458 e. The van der Waals surface area contributed by atoms with E-state index in [-0.39, 0.29) is 6.42 Å². The van der Waals surface area contributed by atoms with Gasteiger partial charge in [-0.2, -0.15) is 0 Å². The van der Waals surface area contributed by atoms with Crippen molar-refractivity contribution < 1.29 is 47.8 Å². The lowest BCUT2D eigenvalue weighted by molar-refractivity contribution is -0.153. The fourth-order valence-corrected chi connectivity index (χ4v) is 4.95. The zero-order chi connectivity index (χ0) is 30.6. The summed E-state index contributed by atoms with van der Waals surface area (Å²) in [5.74, 6) is -1.20. The number of aliphatic hydroxyl groups is 2. The molecule has 3 atom stereocenters. The Morgan fingerprint density at radius 1 is 0.683 bits per heavy atom. The zero-order valence-corrected chi connectivity index (χ0v) is 26.4. The van der Waals surface area contributed by atoms with Gasteiger partial charge in [-0.15, -0.1) is 0 Å². The standard InChI is InChI=1S/C30H57O10P/c1-3-4-5-6-7-8-9-10-11-12-13-14-15-16-17-18-19-20-21-22-30(34)40-29(24-32)26-38-41(35,36)37-25-28(23-31)39-27(2)33/h10-11,28-29,31-32H,3-9,12-26H2,1-2H3,(H,35,36)/b11-10-. The van der Waals surface area contributed by atoms with Gasteiger partial charge in [-0.3, -0.25) is 18.6 Å². The highest BCUT2D eigenvalue weighted by Gasteiger charge is 2.27. The van der Waals surface area contributed by atoms with Crippen molar-refractivity contribution in [2.45, 2.75) is 142 Å². The van der Waals surface area contributed by atoms with Gasteiger partial charge in [0.15, 0.2) is 0 Å². The summed E-state index contributed by atoms with van der Waals surface area (Å²) in [5.41, 5.74) is 0. The SMILES string of the molecule is CCCCCCCC/C=C\CCCCCCCCCCCC(=O)OC(CO)COP(=O)(O)OCC(CO)OC(C)=O. The van der Waals surface area contributed by atoms with Crippen LogP contribution in [0, 0.1) is 0 Å². The minimum absolute atomic E-state index is 0.191. The average molecular weight is 609 g/mol. The fourth-order valence-electron chi connectivity index (χ4n) is 4.17. The Morgan fingerprint density at radius 3 is 1.54 bits per heavy atom. The van der Waals surface area contributed by atoms with E-state index in [1.807, 2.05) is 0 Å². The van der Waals surface area contributed by atoms with Gasteiger partial charge in [0.1, 0.15) is 12.2 Å². The topological polar surface area (TPSA) is 149 Å². The van der Waals surface area contributed by atoms with Crippen LogP contribution < -0.4 is 0 Å². The van der Waals surface area contributed by atoms with Crippen LogP contribution >= 0.6 is 7.82 Å². The molecule has 0 aromatic carbocycles. The summed E-state index contributed by atoms with van der Waals surface area (Å²) in [6.45, 7) is 1.06. The number of ether oxygens (including phenoxy) is 2. The van der Waals surface area contributed by atoms with Crippen LogP contribution in [-0.4, -0.2) is 65.7 Å². The van der Waals surface area contributed by atoms with Crippen molar-refractivity contribution in [2.75, 3.05) is 26.4 Å². The van der Waals surface area contributed by atoms with Gasteiger partial charge in [-0.25, -0.2) is 4.57 Å². The molecule has 41 heavy (non-hydrogen) atoms. The normalized spacial score (nSPS) is 14.6. The molecule has 0 heterocycles. The first-order chi connectivity index (χ1) is 19.7. The van der Waals surface area contributed by atoms with E-state index in [0.29, 0.717) is 6.42 Å². The van der Waals surface area contributed by atoms with E-state index in [4.69, 9.17) is 19.1 Å². The van der Waals surface area contributed by atoms with E-state index in [1.54, 1.807) is 0 Å². The summed E-state index contributed by atoms with van der Waals surface area (Å²) in [7, 11) is -4.58. The third-order valence-corrected chi connectivity index (χ3v) is 7.48. The van der Waals surface area contributed by atoms with Gasteiger partial charge in [-0.05, 0) is 32.1 Å². The number of phosphoric ester groups is 1. The Kier molecular flexibility index (Phi) is 26.7. The van der Waals surface area contributed by atoms with Gasteiger partial charge in [0.05, 0.1) is 26.4 Å². The Balaban J connectivity index is 3.72. The Hall–Kier alpha value is -1.29. The molecule has 0 aliphatic rings. The molecule has 3 N–H and O–H groups in total. The lowest BCUT2D eigenvalue weighted by Gasteiger charge is -2.20. The minimum atomic E-state index is -4.58. The molecule has 0 saturated heterocycles. The van der Waals surface area contributed by atoms with Crippen molar-refractivity contribution in [2.24, 2.45) is 0 Å². The van der Waals surface area contributed by atoms with Gasteiger partial charge in [-0.1, -0.05) is 96.1 Å². The molecule has 3 unspecified atom stereocenters. The highest BCUT2D eigenvalue weighted by molar-refractivity contribution is 7.47. The summed E-state index contributed by atoms with van der Waals surface area (Å²) in [6.07, 6.45) is 23.2. The number of allylic oxidation sites excluding steroid dienone is 2. The van der Waals surface area contributed by atoms with E-state index in [9.17, 15) is 24.2 Å². The number of unbranched alkanes of at least 4 members (excludes halogenated alkanes) is 15. The maximum atomic E-state index is 12.0. The van der Waals surface area contributed by atoms with Gasteiger partial charge in [0.25, 0.3) is 0 Å². The van der Waals surface area contributed by atoms with Crippen LogP contribution in [0.15, 0.2) is 12.2 Å². The fraction of sp³-hybridized carbons (Fsp3) is 0.867. The summed E-state index contributed by atoms with van der Waals surface area (Å²) in [6, 6.07) is 0. The first-order valence-electron chi connectivity index (χ1n) is 15.6. The van der Waals surface area contributed by atoms with Crippen molar-refractivity contribution in [3.63, 3.8) is 0 Å². The van der Waals surface area contributed by atoms with E-state index in [2.05, 4.69) is 23.6 Å². The number of hydrogen-bond acceptors (Lipinski definition) is 9. The summed E-state index contributed by atoms with van der Waals surface area (Å²) >= 11 is 0. The maximum absolute atomic E-state index is 12.0. The number of rotatable bonds is 29. The van der Waals surface area contributed by atoms with Gasteiger partial charge >= 0.3 is 19.8 Å². The first-order valence-corrected chi connectivity index (χ1v) is 17.1. The predicted molar refractivity (Wildman–Crippen MR) is 159 cm³/mol. The van der Waals surface area contributed by atoms with E-state index in [0.717, 1.165) is 26.2 Å². The van der Waals surface area contributed by atoms with E-state index < -0.39 is 58.4 Å². The van der Waals surface area contributed by atoms with Crippen LogP contribution in [0.4, 0.5) is 0 Å². The Bertz CT molecular complexity index is 715. The van der Waals surface area contributed by atoms with Gasteiger partial charge in [0.2, 0.25) is 0 Å². The molecule has 0 fully saturated rings. The van der Waals surface area contributed by atoms with Crippen LogP contribution in [0.25, 0.3) is 0 Å². The molecular formula is C30H57O10P. The molecule has 242 valence electrons. The van der Waals surface area contributed by atoms with Crippen molar-refractivity contribution >= 4 is 19.8 Å². The second-order valence-corrected chi connectivity index (χ2v) is 12.0. The molecule has 0 aromatic rings. The van der Waals surface area contributed by atoms with Crippen molar-refractivity contribution in [1.82, 2.24) is 0 Å². The lowest BCUT2D eigenvalue weighted by atomic mass is 10.1. The zero-order valence-electron chi connectivity index (χ0n) is 25.5. The van der Waals surface area contributed by atoms with Crippen LogP contribution in [0.2, 0.25) is 0 Å². The molecule has 0 aliphatic heterocycles. The van der Waals surface area contributed by atoms with Crippen LogP contribution in [0.1, 0.15) is 129 Å². The third-order valence-electron chi connectivity index (χ3n) is 6.53. The Morgan fingerprint density at radius 2 is 1.10 bits per heavy atom. The summed E-state index contributed by atoms with van der Waals surface area (Å²) < 4.78 is 31.2. The molecular weight excluding hydrogens is 551 g/mol. The molecule has 10 nitrogen and oxygen atoms in total. The second kappa shape index (κ2) is 27.5. The average Bonchev–Trinajstić information content (AvgIpc) is 2.94. The third kappa shape index (κ3) is 27.3. The smallest absolute Gasteiger partial charge is 0.458 e. The molecule has 11 heteroatoms. The maximum Gasteiger partial charge on any atom is 0.472 e. The molecule has 0 aromatic heterocycles. The molecule has 0 amide bonds. The quantitative estimate of drug-likeness (QED) is 0.0369. The monoisotopic (exact) mass is 608 g/mol. The number of esters is 2. The van der Waals surface area contributed by atoms with Crippen LogP contribution in [-0.2, 0) is 32.7 Å². The number of carbonyl (C=O) groups is 2. The van der Waals surface area contributed by atoms with E-state index >= 15 is 0 Å². The lowest BCUT2D eigenvalue weighted by Crippen LogP contribution is -2.28. The predicted octanol–water partition coefficient (Wildman–Crippen LogP) is 6.55. The van der Waals surface area contributed by atoms with Gasteiger partial charge < -0.3 is 24.6 Å². The largest absolute Gasteiger partial charge is 0.472 e. The summed E-state index contributed by atoms with van der Waals surface area (Å²) in [5, 5.41) is 18.5. The van der Waals surface area contributed by atoms with Gasteiger partial charge in [0, 0.05) is 13.3 Å². The molecule has 0 radical (unpaired) electrons. The second-order valence-electron chi connectivity index (χ2n) is 10.5. The van der Waals surface area contributed by atoms with Crippen LogP contribution in [0.5, 0.6) is 0 Å². The Labute approximate surface area is 247 Å². The van der Waals surface area contributed by atoms with Crippen molar-refractivity contribution in [3.05, 3.63) is 12.2 Å². The van der Waals surface area contributed by atoms with Crippen LogP contribution in [0.3, 0.4) is 0 Å². The molecule has 0 aliphatic carbocycles. The van der Waals surface area contributed by atoms with Crippen molar-refractivity contribution in [1.29, 1.82) is 0 Å². The molecule has 0 spiro atoms.